The summed E-state index contributed by atoms with van der Waals surface area (Å²) in [5.74, 6) is -2.04. The first kappa shape index (κ1) is 30.7. The third-order valence-corrected chi connectivity index (χ3v) is 7.45. The zero-order valence-corrected chi connectivity index (χ0v) is 23.7. The number of halogens is 2. The van der Waals surface area contributed by atoms with Crippen LogP contribution in [0.25, 0.3) is 0 Å². The van der Waals surface area contributed by atoms with Crippen LogP contribution in [0.2, 0.25) is 0 Å². The van der Waals surface area contributed by atoms with Crippen LogP contribution in [0.4, 0.5) is 14.5 Å². The van der Waals surface area contributed by atoms with Crippen LogP contribution in [-0.4, -0.2) is 50.0 Å². The van der Waals surface area contributed by atoms with Crippen LogP contribution in [0.1, 0.15) is 37.8 Å². The molecule has 0 radical (unpaired) electrons. The summed E-state index contributed by atoms with van der Waals surface area (Å²) in [6, 6.07) is 19.6. The van der Waals surface area contributed by atoms with E-state index in [2.05, 4.69) is 5.32 Å². The molecule has 10 heteroatoms. The maximum atomic E-state index is 14.7. The third kappa shape index (κ3) is 8.61. The average Bonchev–Trinajstić information content (AvgIpc) is 2.89. The first-order chi connectivity index (χ1) is 19.0. The monoisotopic (exact) mass is 571 g/mol. The number of para-hydroxylation sites is 1. The summed E-state index contributed by atoms with van der Waals surface area (Å²) in [5, 5.41) is 2.87. The van der Waals surface area contributed by atoms with Crippen LogP contribution in [0.15, 0.2) is 78.9 Å². The van der Waals surface area contributed by atoms with Gasteiger partial charge in [-0.3, -0.25) is 13.9 Å². The number of carbonyl (C=O) groups excluding carboxylic acids is 2. The summed E-state index contributed by atoms with van der Waals surface area (Å²) in [6.07, 6.45) is 1.08. The molecule has 0 aliphatic heterocycles. The van der Waals surface area contributed by atoms with Crippen LogP contribution in [0.5, 0.6) is 0 Å². The lowest BCUT2D eigenvalue weighted by Gasteiger charge is -2.32. The van der Waals surface area contributed by atoms with E-state index in [-0.39, 0.29) is 55.6 Å². The van der Waals surface area contributed by atoms with E-state index in [0.29, 0.717) is 0 Å². The minimum Gasteiger partial charge on any atom is -0.352 e. The molecular weight excluding hydrogens is 536 g/mol. The number of carbonyl (C=O) groups is 2. The fourth-order valence-electron chi connectivity index (χ4n) is 4.38. The van der Waals surface area contributed by atoms with E-state index in [1.165, 1.54) is 29.2 Å². The Bertz CT molecular complexity index is 1400. The molecule has 0 aromatic heterocycles. The van der Waals surface area contributed by atoms with Crippen LogP contribution in [0.3, 0.4) is 0 Å². The normalized spacial score (nSPS) is 12.2. The fourth-order valence-corrected chi connectivity index (χ4v) is 5.35. The van der Waals surface area contributed by atoms with Crippen LogP contribution in [-0.2, 0) is 32.6 Å². The number of hydrogen-bond donors (Lipinski definition) is 1. The van der Waals surface area contributed by atoms with E-state index in [9.17, 15) is 26.8 Å². The molecule has 0 unspecified atom stereocenters. The Hall–Kier alpha value is -3.79. The van der Waals surface area contributed by atoms with Crippen molar-refractivity contribution in [3.63, 3.8) is 0 Å². The number of rotatable bonds is 13. The quantitative estimate of drug-likeness (QED) is 0.323. The zero-order valence-electron chi connectivity index (χ0n) is 22.9. The highest BCUT2D eigenvalue weighted by atomic mass is 32.2. The highest BCUT2D eigenvalue weighted by molar-refractivity contribution is 7.92. The van der Waals surface area contributed by atoms with Gasteiger partial charge in [-0.05, 0) is 44.0 Å². The molecule has 40 heavy (non-hydrogen) atoms. The maximum Gasteiger partial charge on any atom is 0.243 e. The van der Waals surface area contributed by atoms with E-state index in [0.717, 1.165) is 22.2 Å². The second kappa shape index (κ2) is 14.0. The summed E-state index contributed by atoms with van der Waals surface area (Å²) in [6.45, 7) is 3.31. The predicted octanol–water partition coefficient (Wildman–Crippen LogP) is 4.68. The number of nitrogens with zero attached hydrogens (tertiary/aromatic N) is 2. The van der Waals surface area contributed by atoms with Gasteiger partial charge >= 0.3 is 0 Å². The summed E-state index contributed by atoms with van der Waals surface area (Å²) in [5.41, 5.74) is 0.954. The van der Waals surface area contributed by atoms with Gasteiger partial charge in [-0.2, -0.15) is 0 Å². The molecule has 1 N–H and O–H groups in total. The van der Waals surface area contributed by atoms with Crippen molar-refractivity contribution in [3.05, 3.63) is 102 Å². The van der Waals surface area contributed by atoms with Crippen molar-refractivity contribution in [2.24, 2.45) is 0 Å². The highest BCUT2D eigenvalue weighted by Crippen LogP contribution is 2.23. The Morgan fingerprint density at radius 1 is 0.875 bits per heavy atom. The Balaban J connectivity index is 1.90. The molecule has 0 saturated heterocycles. The van der Waals surface area contributed by atoms with Crippen molar-refractivity contribution in [1.82, 2.24) is 10.2 Å². The Morgan fingerprint density at radius 2 is 1.48 bits per heavy atom. The van der Waals surface area contributed by atoms with Crippen molar-refractivity contribution >= 4 is 27.5 Å². The molecule has 7 nitrogen and oxygen atoms in total. The minimum atomic E-state index is -3.84. The molecule has 3 aromatic rings. The first-order valence-corrected chi connectivity index (χ1v) is 14.9. The van der Waals surface area contributed by atoms with Crippen LogP contribution >= 0.6 is 0 Å². The van der Waals surface area contributed by atoms with E-state index in [4.69, 9.17) is 0 Å². The van der Waals surface area contributed by atoms with Gasteiger partial charge in [0, 0.05) is 37.5 Å². The zero-order chi connectivity index (χ0) is 29.3. The molecule has 3 aromatic carbocycles. The van der Waals surface area contributed by atoms with Gasteiger partial charge in [0.05, 0.1) is 11.9 Å². The highest BCUT2D eigenvalue weighted by Gasteiger charge is 2.31. The number of anilines is 1. The van der Waals surface area contributed by atoms with Crippen molar-refractivity contribution in [1.29, 1.82) is 0 Å². The van der Waals surface area contributed by atoms with Gasteiger partial charge in [0.1, 0.15) is 17.7 Å². The fraction of sp³-hybridized carbons (Fsp3) is 0.333. The van der Waals surface area contributed by atoms with Gasteiger partial charge < -0.3 is 10.2 Å². The van der Waals surface area contributed by atoms with Crippen LogP contribution in [0, 0.1) is 11.6 Å². The van der Waals surface area contributed by atoms with E-state index >= 15 is 0 Å². The van der Waals surface area contributed by atoms with Gasteiger partial charge in [-0.15, -0.1) is 0 Å². The molecule has 0 spiro atoms. The molecule has 0 aliphatic carbocycles. The molecule has 0 heterocycles. The second-order valence-electron chi connectivity index (χ2n) is 9.87. The molecule has 0 fully saturated rings. The topological polar surface area (TPSA) is 86.8 Å². The largest absolute Gasteiger partial charge is 0.352 e. The van der Waals surface area contributed by atoms with Crippen molar-refractivity contribution in [2.45, 2.75) is 51.7 Å². The second-order valence-corrected chi connectivity index (χ2v) is 11.8. The van der Waals surface area contributed by atoms with Crippen molar-refractivity contribution < 1.29 is 26.8 Å². The smallest absolute Gasteiger partial charge is 0.243 e. The van der Waals surface area contributed by atoms with Crippen LogP contribution < -0.4 is 9.62 Å². The van der Waals surface area contributed by atoms with Gasteiger partial charge in [-0.1, -0.05) is 60.7 Å². The Kier molecular flexibility index (Phi) is 10.8. The van der Waals surface area contributed by atoms with Gasteiger partial charge in [-0.25, -0.2) is 17.2 Å². The lowest BCUT2D eigenvalue weighted by molar-refractivity contribution is -0.141. The summed E-state index contributed by atoms with van der Waals surface area (Å²) in [4.78, 5) is 28.4. The standard InChI is InChI=1S/C30H35F2N3O4S/c1-22(2)33-30(37)28(20-23-12-5-4-6-13-23)34(21-24-14-7-8-15-25(24)31)29(36)18-11-19-35(40(3,38)39)27-17-10-9-16-26(27)32/h4-10,12-17,22,28H,11,18-21H2,1-3H3,(H,33,37)/t28-/m0/s1. The molecule has 0 aliphatic rings. The molecule has 1 atom stereocenters. The SMILES string of the molecule is CC(C)NC(=O)[C@H](Cc1ccccc1)N(Cc1ccccc1F)C(=O)CCCN(c1ccccc1F)S(C)(=O)=O. The molecular formula is C30H35F2N3O4S. The number of benzene rings is 3. The van der Waals surface area contributed by atoms with E-state index in [1.54, 1.807) is 18.2 Å². The number of nitrogens with one attached hydrogen (secondary N) is 1. The first-order valence-electron chi connectivity index (χ1n) is 13.1. The number of hydrogen-bond acceptors (Lipinski definition) is 4. The van der Waals surface area contributed by atoms with E-state index < -0.39 is 33.6 Å². The summed E-state index contributed by atoms with van der Waals surface area (Å²) < 4.78 is 54.9. The maximum absolute atomic E-state index is 14.7. The molecule has 0 saturated carbocycles. The lowest BCUT2D eigenvalue weighted by atomic mass is 10.0. The Morgan fingerprint density at radius 3 is 2.08 bits per heavy atom. The summed E-state index contributed by atoms with van der Waals surface area (Å²) in [7, 11) is -3.84. The average molecular weight is 572 g/mol. The summed E-state index contributed by atoms with van der Waals surface area (Å²) >= 11 is 0. The van der Waals surface area contributed by atoms with Gasteiger partial charge in [0.25, 0.3) is 0 Å². The number of sulfonamides is 1. The number of amides is 2. The lowest BCUT2D eigenvalue weighted by Crippen LogP contribution is -2.52. The van der Waals surface area contributed by atoms with E-state index in [1.807, 2.05) is 44.2 Å². The Labute approximate surface area is 234 Å². The predicted molar refractivity (Wildman–Crippen MR) is 152 cm³/mol. The minimum absolute atomic E-state index is 0.0534. The molecule has 3 rings (SSSR count). The van der Waals surface area contributed by atoms with Gasteiger partial charge in [0.2, 0.25) is 21.8 Å². The molecule has 214 valence electrons. The molecule has 2 amide bonds. The third-order valence-electron chi connectivity index (χ3n) is 6.27. The van der Waals surface area contributed by atoms with Gasteiger partial charge in [0.15, 0.2) is 0 Å². The van der Waals surface area contributed by atoms with Crippen molar-refractivity contribution in [3.8, 4) is 0 Å². The molecule has 0 bridgehead atoms. The van der Waals surface area contributed by atoms with Crippen molar-refractivity contribution in [2.75, 3.05) is 17.1 Å².